The van der Waals surface area contributed by atoms with Crippen molar-refractivity contribution in [2.75, 3.05) is 13.2 Å². The molecule has 0 fully saturated rings. The van der Waals surface area contributed by atoms with Crippen LogP contribution in [0.15, 0.2) is 12.2 Å². The highest BCUT2D eigenvalue weighted by molar-refractivity contribution is 7.46. The van der Waals surface area contributed by atoms with E-state index in [4.69, 9.17) is 19.3 Å². The van der Waals surface area contributed by atoms with Gasteiger partial charge in [0.05, 0.1) is 6.61 Å². The lowest BCUT2D eigenvalue weighted by Gasteiger charge is -2.18. The fraction of sp³-hybridized carbons (Fsp3) is 0.897. The summed E-state index contributed by atoms with van der Waals surface area (Å²) in [7, 11) is -4.74. The molecule has 0 saturated heterocycles. The molecule has 0 bridgehead atoms. The van der Waals surface area contributed by atoms with Crippen molar-refractivity contribution in [1.82, 2.24) is 0 Å². The first-order chi connectivity index (χ1) is 23.3. The normalized spacial score (nSPS) is 12.5. The van der Waals surface area contributed by atoms with E-state index in [1.807, 2.05) is 0 Å². The maximum Gasteiger partial charge on any atom is 0.469 e. The average Bonchev–Trinajstić information content (AvgIpc) is 3.05. The quantitative estimate of drug-likeness (QED) is 0.0284. The Hall–Kier alpha value is -1.21. The number of carbonyl (C=O) groups is 2. The van der Waals surface area contributed by atoms with E-state index < -0.39 is 32.5 Å². The molecule has 0 aliphatic carbocycles. The van der Waals surface area contributed by atoms with Crippen LogP contribution in [0.3, 0.4) is 0 Å². The van der Waals surface area contributed by atoms with Gasteiger partial charge < -0.3 is 19.3 Å². The van der Waals surface area contributed by atoms with Crippen LogP contribution in [0.2, 0.25) is 0 Å². The van der Waals surface area contributed by atoms with E-state index in [1.54, 1.807) is 0 Å². The summed E-state index contributed by atoms with van der Waals surface area (Å²) in [6.07, 6.45) is 38.4. The van der Waals surface area contributed by atoms with Gasteiger partial charge in [-0.25, -0.2) is 4.57 Å². The van der Waals surface area contributed by atoms with Crippen LogP contribution in [-0.4, -0.2) is 41.0 Å². The molecule has 284 valence electrons. The smallest absolute Gasteiger partial charge is 0.462 e. The van der Waals surface area contributed by atoms with Crippen molar-refractivity contribution in [2.24, 2.45) is 0 Å². The van der Waals surface area contributed by atoms with E-state index in [9.17, 15) is 14.2 Å². The number of carbonyl (C=O) groups excluding carboxylic acids is 2. The van der Waals surface area contributed by atoms with Gasteiger partial charge in [-0.3, -0.25) is 14.1 Å². The van der Waals surface area contributed by atoms with E-state index in [0.717, 1.165) is 32.1 Å². The van der Waals surface area contributed by atoms with Gasteiger partial charge in [-0.1, -0.05) is 174 Å². The SMILES string of the molecule is CCCCCCCCCCCCCCCCCCCC/C=C/CCCC(=O)OC[C@H](COP(=O)(O)O)OC(=O)CCCCCCCCC. The van der Waals surface area contributed by atoms with E-state index in [1.165, 1.54) is 135 Å². The first-order valence-electron chi connectivity index (χ1n) is 20.0. The molecule has 0 aromatic carbocycles. The Morgan fingerprint density at radius 3 is 1.33 bits per heavy atom. The maximum absolute atomic E-state index is 12.2. The lowest BCUT2D eigenvalue weighted by Crippen LogP contribution is -2.29. The van der Waals surface area contributed by atoms with Crippen molar-refractivity contribution in [3.8, 4) is 0 Å². The number of unbranched alkanes of at least 4 members (excludes halogenated alkanes) is 25. The number of esters is 2. The van der Waals surface area contributed by atoms with Gasteiger partial charge >= 0.3 is 19.8 Å². The van der Waals surface area contributed by atoms with Crippen LogP contribution in [0.25, 0.3) is 0 Å². The lowest BCUT2D eigenvalue weighted by atomic mass is 10.0. The summed E-state index contributed by atoms with van der Waals surface area (Å²) in [5.41, 5.74) is 0. The highest BCUT2D eigenvalue weighted by Crippen LogP contribution is 2.36. The molecule has 0 aliphatic rings. The maximum atomic E-state index is 12.2. The molecule has 0 amide bonds. The number of hydrogen-bond acceptors (Lipinski definition) is 6. The van der Waals surface area contributed by atoms with Crippen LogP contribution in [-0.2, 0) is 28.2 Å². The largest absolute Gasteiger partial charge is 0.469 e. The predicted octanol–water partition coefficient (Wildman–Crippen LogP) is 11.8. The zero-order valence-corrected chi connectivity index (χ0v) is 32.0. The monoisotopic (exact) mass is 703 g/mol. The van der Waals surface area contributed by atoms with Crippen molar-refractivity contribution in [2.45, 2.75) is 213 Å². The van der Waals surface area contributed by atoms with Gasteiger partial charge in [0.25, 0.3) is 0 Å². The first-order valence-corrected chi connectivity index (χ1v) is 21.5. The van der Waals surface area contributed by atoms with E-state index in [0.29, 0.717) is 12.8 Å². The Morgan fingerprint density at radius 2 is 0.896 bits per heavy atom. The second-order valence-corrected chi connectivity index (χ2v) is 14.9. The Balaban J connectivity index is 3.77. The third-order valence-corrected chi connectivity index (χ3v) is 9.27. The highest BCUT2D eigenvalue weighted by Gasteiger charge is 2.22. The van der Waals surface area contributed by atoms with Crippen LogP contribution >= 0.6 is 7.82 Å². The van der Waals surface area contributed by atoms with Crippen molar-refractivity contribution in [3.63, 3.8) is 0 Å². The second-order valence-electron chi connectivity index (χ2n) is 13.6. The molecule has 0 radical (unpaired) electrons. The van der Waals surface area contributed by atoms with Gasteiger partial charge in [0.15, 0.2) is 6.10 Å². The minimum Gasteiger partial charge on any atom is -0.462 e. The predicted molar refractivity (Wildman–Crippen MR) is 198 cm³/mol. The second kappa shape index (κ2) is 35.6. The van der Waals surface area contributed by atoms with Crippen molar-refractivity contribution >= 4 is 19.8 Å². The molecule has 0 saturated carbocycles. The molecule has 0 heterocycles. The van der Waals surface area contributed by atoms with E-state index >= 15 is 0 Å². The van der Waals surface area contributed by atoms with Gasteiger partial charge in [0.2, 0.25) is 0 Å². The number of phosphoric ester groups is 1. The molecule has 0 rings (SSSR count). The van der Waals surface area contributed by atoms with E-state index in [-0.39, 0.29) is 19.4 Å². The molecular weight excluding hydrogens is 627 g/mol. The first kappa shape index (κ1) is 46.8. The van der Waals surface area contributed by atoms with Crippen LogP contribution in [0.5, 0.6) is 0 Å². The number of allylic oxidation sites excluding steroid dienone is 2. The summed E-state index contributed by atoms with van der Waals surface area (Å²) in [6, 6.07) is 0. The fourth-order valence-corrected chi connectivity index (χ4v) is 6.15. The summed E-state index contributed by atoms with van der Waals surface area (Å²) in [6.45, 7) is 3.61. The lowest BCUT2D eigenvalue weighted by molar-refractivity contribution is -0.161. The molecular formula is C39H75O8P. The Labute approximate surface area is 295 Å². The van der Waals surface area contributed by atoms with Gasteiger partial charge in [-0.2, -0.15) is 0 Å². The van der Waals surface area contributed by atoms with Crippen molar-refractivity contribution < 1.29 is 37.9 Å². The van der Waals surface area contributed by atoms with Crippen molar-refractivity contribution in [3.05, 3.63) is 12.2 Å². The Kier molecular flexibility index (Phi) is 34.7. The molecule has 0 aromatic rings. The number of hydrogen-bond donors (Lipinski definition) is 2. The zero-order valence-electron chi connectivity index (χ0n) is 31.2. The molecule has 9 heteroatoms. The van der Waals surface area contributed by atoms with Crippen molar-refractivity contribution in [1.29, 1.82) is 0 Å². The summed E-state index contributed by atoms with van der Waals surface area (Å²) in [5.74, 6) is -0.921. The van der Waals surface area contributed by atoms with Crippen LogP contribution in [0.1, 0.15) is 206 Å². The molecule has 0 unspecified atom stereocenters. The van der Waals surface area contributed by atoms with Gasteiger partial charge in [-0.05, 0) is 32.1 Å². The average molecular weight is 703 g/mol. The third kappa shape index (κ3) is 37.6. The Bertz CT molecular complexity index is 797. The molecule has 0 aliphatic heterocycles. The minimum absolute atomic E-state index is 0.208. The molecule has 0 spiro atoms. The summed E-state index contributed by atoms with van der Waals surface area (Å²) in [5, 5.41) is 0. The van der Waals surface area contributed by atoms with Crippen LogP contribution in [0.4, 0.5) is 0 Å². The molecule has 0 aromatic heterocycles. The summed E-state index contributed by atoms with van der Waals surface area (Å²) < 4.78 is 26.2. The number of ether oxygens (including phenoxy) is 2. The highest BCUT2D eigenvalue weighted by atomic mass is 31.2. The molecule has 1 atom stereocenters. The number of rotatable bonds is 37. The summed E-state index contributed by atoms with van der Waals surface area (Å²) >= 11 is 0. The fourth-order valence-electron chi connectivity index (χ4n) is 5.79. The van der Waals surface area contributed by atoms with Gasteiger partial charge in [0, 0.05) is 12.8 Å². The molecule has 48 heavy (non-hydrogen) atoms. The molecule has 8 nitrogen and oxygen atoms in total. The van der Waals surface area contributed by atoms with Crippen LogP contribution in [0, 0.1) is 0 Å². The summed E-state index contributed by atoms with van der Waals surface area (Å²) in [4.78, 5) is 42.4. The third-order valence-electron chi connectivity index (χ3n) is 8.78. The minimum atomic E-state index is -4.74. The topological polar surface area (TPSA) is 119 Å². The number of phosphoric acid groups is 1. The Morgan fingerprint density at radius 1 is 0.521 bits per heavy atom. The van der Waals surface area contributed by atoms with Crippen LogP contribution < -0.4 is 0 Å². The van der Waals surface area contributed by atoms with Gasteiger partial charge in [-0.15, -0.1) is 0 Å². The standard InChI is InChI=1S/C39H75O8P/c1-3-5-7-9-11-12-13-14-15-16-17-18-19-20-21-22-23-24-25-26-28-29-31-33-38(40)45-35-37(36-46-48(42,43)44)47-39(41)34-32-30-27-10-8-6-4-2/h26,28,37H,3-25,27,29-36H2,1-2H3,(H2,42,43,44)/b28-26+/t37-/m1/s1. The molecule has 2 N–H and O–H groups in total. The van der Waals surface area contributed by atoms with Gasteiger partial charge in [0.1, 0.15) is 6.61 Å². The zero-order chi connectivity index (χ0) is 35.4. The van der Waals surface area contributed by atoms with E-state index in [2.05, 4.69) is 30.5 Å².